The van der Waals surface area contributed by atoms with E-state index in [9.17, 15) is 18.3 Å². The van der Waals surface area contributed by atoms with Crippen LogP contribution < -0.4 is 5.32 Å². The van der Waals surface area contributed by atoms with E-state index in [2.05, 4.69) is 10.3 Å². The topological polar surface area (TPSA) is 45.1 Å². The van der Waals surface area contributed by atoms with Gasteiger partial charge >= 0.3 is 6.18 Å². The number of likely N-dealkylation sites (N-methyl/N-ethyl adjacent to an activating group) is 1. The highest BCUT2D eigenvalue weighted by atomic mass is 32.1. The molecule has 1 atom stereocenters. The molecular weight excluding hydrogens is 229 g/mol. The van der Waals surface area contributed by atoms with E-state index >= 15 is 0 Å². The maximum absolute atomic E-state index is 12.3. The van der Waals surface area contributed by atoms with Crippen LogP contribution in [0.15, 0.2) is 0 Å². The number of hydrogen-bond donors (Lipinski definition) is 2. The molecular formula is C8H11F3N2OS. The third-order valence-corrected chi connectivity index (χ3v) is 3.08. The molecule has 0 spiro atoms. The van der Waals surface area contributed by atoms with Gasteiger partial charge in [0.2, 0.25) is 0 Å². The molecule has 0 aliphatic carbocycles. The van der Waals surface area contributed by atoms with Gasteiger partial charge in [-0.15, -0.1) is 11.3 Å². The number of aryl methyl sites for hydroxylation is 1. The summed E-state index contributed by atoms with van der Waals surface area (Å²) in [6.07, 6.45) is -5.38. The Labute approximate surface area is 89.0 Å². The molecule has 1 aromatic heterocycles. The van der Waals surface area contributed by atoms with Gasteiger partial charge in [-0.1, -0.05) is 0 Å². The van der Waals surface area contributed by atoms with Crippen molar-refractivity contribution in [1.29, 1.82) is 0 Å². The monoisotopic (exact) mass is 240 g/mol. The number of halogens is 3. The van der Waals surface area contributed by atoms with Gasteiger partial charge in [0, 0.05) is 6.54 Å². The van der Waals surface area contributed by atoms with Crippen molar-refractivity contribution in [2.45, 2.75) is 19.2 Å². The number of aromatic nitrogens is 1. The molecule has 7 heteroatoms. The molecule has 0 aromatic carbocycles. The summed E-state index contributed by atoms with van der Waals surface area (Å²) in [6, 6.07) is 0. The zero-order valence-corrected chi connectivity index (χ0v) is 9.04. The van der Waals surface area contributed by atoms with Gasteiger partial charge in [-0.25, -0.2) is 4.98 Å². The Hall–Kier alpha value is -0.660. The predicted octanol–water partition coefficient (Wildman–Crippen LogP) is 1.72. The number of nitrogens with zero attached hydrogens (tertiary/aromatic N) is 1. The lowest BCUT2D eigenvalue weighted by molar-refractivity contribution is -0.137. The molecule has 1 heterocycles. The van der Waals surface area contributed by atoms with Crippen LogP contribution in [-0.2, 0) is 6.18 Å². The van der Waals surface area contributed by atoms with Gasteiger partial charge in [0.1, 0.15) is 6.10 Å². The highest BCUT2D eigenvalue weighted by Crippen LogP contribution is 2.36. The summed E-state index contributed by atoms with van der Waals surface area (Å²) in [5.41, 5.74) is 0.232. The minimum atomic E-state index is -4.44. The predicted molar refractivity (Wildman–Crippen MR) is 50.7 cm³/mol. The number of rotatable bonds is 3. The van der Waals surface area contributed by atoms with E-state index in [-0.39, 0.29) is 17.1 Å². The van der Waals surface area contributed by atoms with Gasteiger partial charge in [-0.05, 0) is 14.0 Å². The van der Waals surface area contributed by atoms with Crippen molar-refractivity contribution < 1.29 is 18.3 Å². The van der Waals surface area contributed by atoms with Crippen LogP contribution in [0.25, 0.3) is 0 Å². The smallest absolute Gasteiger partial charge is 0.386 e. The van der Waals surface area contributed by atoms with Crippen LogP contribution >= 0.6 is 11.3 Å². The normalized spacial score (nSPS) is 14.3. The van der Waals surface area contributed by atoms with Crippen molar-refractivity contribution in [3.8, 4) is 0 Å². The van der Waals surface area contributed by atoms with E-state index < -0.39 is 17.3 Å². The molecule has 0 bridgehead atoms. The lowest BCUT2D eigenvalue weighted by Gasteiger charge is -2.07. The summed E-state index contributed by atoms with van der Waals surface area (Å²) < 4.78 is 36.8. The van der Waals surface area contributed by atoms with E-state index in [0.717, 1.165) is 0 Å². The maximum Gasteiger partial charge on any atom is 0.443 e. The van der Waals surface area contributed by atoms with Gasteiger partial charge in [-0.3, -0.25) is 0 Å². The molecule has 0 aliphatic rings. The highest BCUT2D eigenvalue weighted by Gasteiger charge is 2.36. The van der Waals surface area contributed by atoms with Crippen LogP contribution in [0.2, 0.25) is 0 Å². The van der Waals surface area contributed by atoms with E-state index in [4.69, 9.17) is 0 Å². The van der Waals surface area contributed by atoms with E-state index in [1.807, 2.05) is 0 Å². The third kappa shape index (κ3) is 2.90. The van der Waals surface area contributed by atoms with Crippen molar-refractivity contribution in [3.63, 3.8) is 0 Å². The molecule has 15 heavy (non-hydrogen) atoms. The zero-order valence-electron chi connectivity index (χ0n) is 8.22. The molecule has 3 nitrogen and oxygen atoms in total. The summed E-state index contributed by atoms with van der Waals surface area (Å²) in [5.74, 6) is 0. The molecule has 0 radical (unpaired) electrons. The van der Waals surface area contributed by atoms with Gasteiger partial charge < -0.3 is 10.4 Å². The Morgan fingerprint density at radius 2 is 2.13 bits per heavy atom. The average molecular weight is 240 g/mol. The number of thiazole rings is 1. The molecule has 1 aromatic rings. The van der Waals surface area contributed by atoms with Crippen molar-refractivity contribution in [2.75, 3.05) is 13.6 Å². The molecule has 0 saturated heterocycles. The summed E-state index contributed by atoms with van der Waals surface area (Å²) >= 11 is 0.488. The Kier molecular flexibility index (Phi) is 3.69. The highest BCUT2D eigenvalue weighted by molar-refractivity contribution is 7.11. The van der Waals surface area contributed by atoms with Crippen LogP contribution in [0.5, 0.6) is 0 Å². The maximum atomic E-state index is 12.3. The Balaban J connectivity index is 2.96. The van der Waals surface area contributed by atoms with Crippen molar-refractivity contribution in [1.82, 2.24) is 10.3 Å². The first-order valence-corrected chi connectivity index (χ1v) is 5.05. The summed E-state index contributed by atoms with van der Waals surface area (Å²) in [5, 5.41) is 11.3. The number of hydrogen-bond acceptors (Lipinski definition) is 4. The lowest BCUT2D eigenvalue weighted by Crippen LogP contribution is -2.16. The van der Waals surface area contributed by atoms with E-state index in [0.29, 0.717) is 11.3 Å². The molecule has 1 unspecified atom stereocenters. The first-order chi connectivity index (χ1) is 6.86. The summed E-state index contributed by atoms with van der Waals surface area (Å²) in [7, 11) is 1.62. The molecule has 86 valence electrons. The fourth-order valence-corrected chi connectivity index (χ4v) is 2.04. The van der Waals surface area contributed by atoms with Crippen LogP contribution in [0.3, 0.4) is 0 Å². The molecule has 0 amide bonds. The minimum absolute atomic E-state index is 0.209. The molecule has 0 fully saturated rings. The zero-order chi connectivity index (χ0) is 11.6. The van der Waals surface area contributed by atoms with Gasteiger partial charge in [0.15, 0.2) is 5.01 Å². The van der Waals surface area contributed by atoms with Gasteiger partial charge in [0.25, 0.3) is 0 Å². The standard InChI is InChI=1S/C8H11F3N2OS/c1-4-6(5(14)3-12-2)15-7(13-4)8(9,10)11/h5,12,14H,3H2,1-2H3. The average Bonchev–Trinajstić information content (AvgIpc) is 2.47. The Morgan fingerprint density at radius 3 is 2.53 bits per heavy atom. The van der Waals surface area contributed by atoms with E-state index in [1.165, 1.54) is 6.92 Å². The van der Waals surface area contributed by atoms with Crippen molar-refractivity contribution in [3.05, 3.63) is 15.6 Å². The second-order valence-corrected chi connectivity index (χ2v) is 4.07. The van der Waals surface area contributed by atoms with Gasteiger partial charge in [-0.2, -0.15) is 13.2 Å². The molecule has 2 N–H and O–H groups in total. The SMILES string of the molecule is CNCC(O)c1sc(C(F)(F)F)nc1C. The van der Waals surface area contributed by atoms with Crippen LogP contribution in [0, 0.1) is 6.92 Å². The van der Waals surface area contributed by atoms with Crippen molar-refractivity contribution >= 4 is 11.3 Å². The minimum Gasteiger partial charge on any atom is -0.386 e. The van der Waals surface area contributed by atoms with Crippen LogP contribution in [0.1, 0.15) is 21.7 Å². The summed E-state index contributed by atoms with van der Waals surface area (Å²) in [6.45, 7) is 1.67. The fraction of sp³-hybridized carbons (Fsp3) is 0.625. The van der Waals surface area contributed by atoms with E-state index in [1.54, 1.807) is 7.05 Å². The number of aliphatic hydroxyl groups excluding tert-OH is 1. The second-order valence-electron chi connectivity index (χ2n) is 3.04. The Bertz CT molecular complexity index is 337. The number of aliphatic hydroxyl groups is 1. The quantitative estimate of drug-likeness (QED) is 0.845. The number of alkyl halides is 3. The van der Waals surface area contributed by atoms with Gasteiger partial charge in [0.05, 0.1) is 10.6 Å². The van der Waals surface area contributed by atoms with Crippen LogP contribution in [-0.4, -0.2) is 23.7 Å². The van der Waals surface area contributed by atoms with Crippen molar-refractivity contribution in [2.24, 2.45) is 0 Å². The number of nitrogens with one attached hydrogen (secondary N) is 1. The molecule has 0 saturated carbocycles. The Morgan fingerprint density at radius 1 is 1.53 bits per heavy atom. The molecule has 1 rings (SSSR count). The first-order valence-electron chi connectivity index (χ1n) is 4.23. The molecule has 0 aliphatic heterocycles. The second kappa shape index (κ2) is 4.46. The fourth-order valence-electron chi connectivity index (χ4n) is 1.12. The largest absolute Gasteiger partial charge is 0.443 e. The lowest BCUT2D eigenvalue weighted by atomic mass is 10.2. The first kappa shape index (κ1) is 12.4. The summed E-state index contributed by atoms with van der Waals surface area (Å²) in [4.78, 5) is 3.65. The van der Waals surface area contributed by atoms with Crippen LogP contribution in [0.4, 0.5) is 13.2 Å². The third-order valence-electron chi connectivity index (χ3n) is 1.78.